The molecule has 1 N–H and O–H groups in total. The van der Waals surface area contributed by atoms with Gasteiger partial charge in [-0.25, -0.2) is 9.18 Å². The molecule has 0 saturated heterocycles. The van der Waals surface area contributed by atoms with Crippen LogP contribution in [0.1, 0.15) is 18.5 Å². The molecule has 20 heavy (non-hydrogen) atoms. The molecule has 1 aromatic carbocycles. The van der Waals surface area contributed by atoms with Crippen molar-refractivity contribution in [3.05, 3.63) is 60.2 Å². The number of benzene rings is 1. The smallest absolute Gasteiger partial charge is 0.321 e. The molecule has 2 aromatic rings. The Labute approximate surface area is 117 Å². The zero-order valence-corrected chi connectivity index (χ0v) is 11.4. The molecule has 2 amide bonds. The third kappa shape index (κ3) is 3.32. The Morgan fingerprint density at radius 1 is 1.30 bits per heavy atom. The van der Waals surface area contributed by atoms with Gasteiger partial charge in [0.15, 0.2) is 0 Å². The first-order chi connectivity index (χ1) is 9.58. The molecule has 104 valence electrons. The van der Waals surface area contributed by atoms with Gasteiger partial charge < -0.3 is 10.2 Å². The molecule has 0 bridgehead atoms. The molecule has 1 aromatic heterocycles. The van der Waals surface area contributed by atoms with Gasteiger partial charge in [-0.2, -0.15) is 0 Å². The molecule has 1 heterocycles. The van der Waals surface area contributed by atoms with Crippen molar-refractivity contribution in [3.8, 4) is 0 Å². The molecule has 0 unspecified atom stereocenters. The monoisotopic (exact) mass is 273 g/mol. The molecule has 0 radical (unpaired) electrons. The number of hydrogen-bond donors (Lipinski definition) is 1. The van der Waals surface area contributed by atoms with Crippen molar-refractivity contribution in [1.82, 2.24) is 9.88 Å². The van der Waals surface area contributed by atoms with Gasteiger partial charge in [-0.05, 0) is 36.8 Å². The van der Waals surface area contributed by atoms with Gasteiger partial charge in [-0.1, -0.05) is 12.1 Å². The predicted molar refractivity (Wildman–Crippen MR) is 75.8 cm³/mol. The summed E-state index contributed by atoms with van der Waals surface area (Å²) in [4.78, 5) is 17.6. The number of carbonyl (C=O) groups is 1. The minimum Gasteiger partial charge on any atom is -0.321 e. The fourth-order valence-electron chi connectivity index (χ4n) is 1.79. The van der Waals surface area contributed by atoms with Crippen molar-refractivity contribution in [2.75, 3.05) is 12.4 Å². The van der Waals surface area contributed by atoms with Gasteiger partial charge in [0.1, 0.15) is 5.82 Å². The number of hydrogen-bond acceptors (Lipinski definition) is 2. The maximum Gasteiger partial charge on any atom is 0.322 e. The minimum absolute atomic E-state index is 0.160. The maximum atomic E-state index is 12.9. The summed E-state index contributed by atoms with van der Waals surface area (Å²) in [7, 11) is 1.69. The summed E-state index contributed by atoms with van der Waals surface area (Å²) < 4.78 is 12.9. The molecule has 1 atom stereocenters. The van der Waals surface area contributed by atoms with Gasteiger partial charge in [0, 0.05) is 13.2 Å². The average molecular weight is 273 g/mol. The Morgan fingerprint density at radius 2 is 2.00 bits per heavy atom. The zero-order valence-electron chi connectivity index (χ0n) is 11.4. The third-order valence-electron chi connectivity index (χ3n) is 3.17. The van der Waals surface area contributed by atoms with Gasteiger partial charge in [0.05, 0.1) is 17.9 Å². The van der Waals surface area contributed by atoms with Gasteiger partial charge >= 0.3 is 6.03 Å². The second kappa shape index (κ2) is 6.14. The normalized spacial score (nSPS) is 11.8. The second-order valence-corrected chi connectivity index (χ2v) is 4.51. The number of halogens is 1. The van der Waals surface area contributed by atoms with E-state index in [4.69, 9.17) is 0 Å². The topological polar surface area (TPSA) is 45.2 Å². The number of urea groups is 1. The number of aromatic nitrogens is 1. The van der Waals surface area contributed by atoms with Crippen molar-refractivity contribution < 1.29 is 9.18 Å². The molecule has 0 spiro atoms. The first-order valence-corrected chi connectivity index (χ1v) is 6.27. The van der Waals surface area contributed by atoms with Crippen LogP contribution in [0, 0.1) is 5.82 Å². The van der Waals surface area contributed by atoms with E-state index in [1.807, 2.05) is 6.92 Å². The van der Waals surface area contributed by atoms with E-state index >= 15 is 0 Å². The SMILES string of the molecule is C[C@H](c1ccc(F)cc1)N(C)C(=O)Nc1cccnc1. The summed E-state index contributed by atoms with van der Waals surface area (Å²) in [6.45, 7) is 1.88. The van der Waals surface area contributed by atoms with E-state index in [0.29, 0.717) is 5.69 Å². The highest BCUT2D eigenvalue weighted by molar-refractivity contribution is 5.89. The minimum atomic E-state index is -0.289. The van der Waals surface area contributed by atoms with Crippen molar-refractivity contribution in [3.63, 3.8) is 0 Å². The van der Waals surface area contributed by atoms with Gasteiger partial charge in [0.2, 0.25) is 0 Å². The van der Waals surface area contributed by atoms with Gasteiger partial charge in [-0.15, -0.1) is 0 Å². The zero-order chi connectivity index (χ0) is 14.5. The van der Waals surface area contributed by atoms with Crippen LogP contribution in [0.15, 0.2) is 48.8 Å². The van der Waals surface area contributed by atoms with E-state index in [-0.39, 0.29) is 17.9 Å². The lowest BCUT2D eigenvalue weighted by molar-refractivity contribution is 0.208. The number of nitrogens with zero attached hydrogens (tertiary/aromatic N) is 2. The summed E-state index contributed by atoms with van der Waals surface area (Å²) in [5.74, 6) is -0.289. The summed E-state index contributed by atoms with van der Waals surface area (Å²) in [6, 6.07) is 9.24. The number of carbonyl (C=O) groups excluding carboxylic acids is 1. The molecular formula is C15H16FN3O. The molecule has 0 aliphatic heterocycles. The van der Waals surface area contributed by atoms with Crippen LogP contribution in [0.5, 0.6) is 0 Å². The van der Waals surface area contributed by atoms with Crippen LogP contribution in [-0.2, 0) is 0 Å². The van der Waals surface area contributed by atoms with E-state index in [1.165, 1.54) is 12.1 Å². The van der Waals surface area contributed by atoms with Crippen molar-refractivity contribution >= 4 is 11.7 Å². The van der Waals surface area contributed by atoms with E-state index in [9.17, 15) is 9.18 Å². The van der Waals surface area contributed by atoms with Crippen LogP contribution < -0.4 is 5.32 Å². The average Bonchev–Trinajstić information content (AvgIpc) is 2.47. The van der Waals surface area contributed by atoms with Crippen molar-refractivity contribution in [1.29, 1.82) is 0 Å². The summed E-state index contributed by atoms with van der Waals surface area (Å²) in [5.41, 5.74) is 1.51. The second-order valence-electron chi connectivity index (χ2n) is 4.51. The van der Waals surface area contributed by atoms with E-state index in [2.05, 4.69) is 10.3 Å². The quantitative estimate of drug-likeness (QED) is 0.931. The number of pyridine rings is 1. The van der Waals surface area contributed by atoms with E-state index in [0.717, 1.165) is 5.56 Å². The summed E-state index contributed by atoms with van der Waals surface area (Å²) >= 11 is 0. The largest absolute Gasteiger partial charge is 0.322 e. The molecule has 5 heteroatoms. The lowest BCUT2D eigenvalue weighted by Gasteiger charge is -2.25. The Morgan fingerprint density at radius 3 is 2.60 bits per heavy atom. The third-order valence-corrected chi connectivity index (χ3v) is 3.17. The molecule has 0 aliphatic carbocycles. The fourth-order valence-corrected chi connectivity index (χ4v) is 1.79. The number of anilines is 1. The van der Waals surface area contributed by atoms with E-state index in [1.54, 1.807) is 48.6 Å². The number of rotatable bonds is 3. The van der Waals surface area contributed by atoms with Crippen LogP contribution in [0.2, 0.25) is 0 Å². The molecular weight excluding hydrogens is 257 g/mol. The molecule has 2 rings (SSSR count). The number of amides is 2. The molecule has 0 fully saturated rings. The first kappa shape index (κ1) is 14.0. The standard InChI is InChI=1S/C15H16FN3O/c1-11(12-5-7-13(16)8-6-12)19(2)15(20)18-14-4-3-9-17-10-14/h3-11H,1-2H3,(H,18,20)/t11-/m1/s1. The van der Waals surface area contributed by atoms with Gasteiger partial charge in [-0.3, -0.25) is 4.98 Å². The number of nitrogens with one attached hydrogen (secondary N) is 1. The van der Waals surface area contributed by atoms with Crippen molar-refractivity contribution in [2.45, 2.75) is 13.0 Å². The molecule has 0 aliphatic rings. The fraction of sp³-hybridized carbons (Fsp3) is 0.200. The Bertz CT molecular complexity index is 571. The lowest BCUT2D eigenvalue weighted by atomic mass is 10.1. The highest BCUT2D eigenvalue weighted by Gasteiger charge is 2.17. The highest BCUT2D eigenvalue weighted by atomic mass is 19.1. The van der Waals surface area contributed by atoms with Crippen LogP contribution >= 0.6 is 0 Å². The van der Waals surface area contributed by atoms with E-state index < -0.39 is 0 Å². The lowest BCUT2D eigenvalue weighted by Crippen LogP contribution is -2.33. The Balaban J connectivity index is 2.04. The summed E-state index contributed by atoms with van der Waals surface area (Å²) in [6.07, 6.45) is 3.22. The molecule has 0 saturated carbocycles. The van der Waals surface area contributed by atoms with Crippen LogP contribution in [0.25, 0.3) is 0 Å². The first-order valence-electron chi connectivity index (χ1n) is 6.27. The predicted octanol–water partition coefficient (Wildman–Crippen LogP) is 3.45. The Kier molecular flexibility index (Phi) is 4.30. The molecule has 4 nitrogen and oxygen atoms in total. The maximum absolute atomic E-state index is 12.9. The highest BCUT2D eigenvalue weighted by Crippen LogP contribution is 2.19. The van der Waals surface area contributed by atoms with Gasteiger partial charge in [0.25, 0.3) is 0 Å². The van der Waals surface area contributed by atoms with Crippen LogP contribution in [-0.4, -0.2) is 23.0 Å². The van der Waals surface area contributed by atoms with Crippen LogP contribution in [0.3, 0.4) is 0 Å². The van der Waals surface area contributed by atoms with Crippen LogP contribution in [0.4, 0.5) is 14.9 Å². The van der Waals surface area contributed by atoms with Crippen molar-refractivity contribution in [2.24, 2.45) is 0 Å². The summed E-state index contributed by atoms with van der Waals surface area (Å²) in [5, 5.41) is 2.75. The Hall–Kier alpha value is -2.43.